The average molecular weight is 277 g/mol. The van der Waals surface area contributed by atoms with Crippen LogP contribution in [-0.4, -0.2) is 54.6 Å². The molecule has 1 aliphatic rings. The highest BCUT2D eigenvalue weighted by Crippen LogP contribution is 2.26. The molecule has 112 valence electrons. The van der Waals surface area contributed by atoms with Gasteiger partial charge < -0.3 is 10.2 Å². The van der Waals surface area contributed by atoms with Gasteiger partial charge in [0.2, 0.25) is 0 Å². The zero-order valence-corrected chi connectivity index (χ0v) is 13.2. The lowest BCUT2D eigenvalue weighted by Crippen LogP contribution is -2.51. The van der Waals surface area contributed by atoms with Crippen LogP contribution in [0, 0.1) is 0 Å². The van der Waals surface area contributed by atoms with Crippen molar-refractivity contribution in [1.82, 2.24) is 14.9 Å². The molecule has 1 unspecified atom stereocenters. The second-order valence-electron chi connectivity index (χ2n) is 5.51. The lowest BCUT2D eigenvalue weighted by atomic mass is 10.1. The molecule has 0 amide bonds. The molecule has 0 aromatic carbocycles. The molecule has 1 aromatic rings. The normalized spacial score (nSPS) is 20.2. The molecular formula is C15H27N5. The molecule has 0 spiro atoms. The van der Waals surface area contributed by atoms with Crippen molar-refractivity contribution in [3.05, 3.63) is 11.9 Å². The van der Waals surface area contributed by atoms with Crippen molar-refractivity contribution in [2.45, 2.75) is 39.2 Å². The van der Waals surface area contributed by atoms with Crippen molar-refractivity contribution in [2.75, 3.05) is 43.9 Å². The number of rotatable bonds is 5. The first-order chi connectivity index (χ1) is 9.71. The Labute approximate surface area is 122 Å². The van der Waals surface area contributed by atoms with Crippen molar-refractivity contribution in [3.63, 3.8) is 0 Å². The molecule has 0 bridgehead atoms. The molecular weight excluding hydrogens is 250 g/mol. The minimum absolute atomic E-state index is 0.617. The van der Waals surface area contributed by atoms with Gasteiger partial charge in [0.25, 0.3) is 0 Å². The van der Waals surface area contributed by atoms with Gasteiger partial charge in [-0.3, -0.25) is 4.90 Å². The van der Waals surface area contributed by atoms with Gasteiger partial charge in [0.05, 0.1) is 0 Å². The molecule has 0 radical (unpaired) electrons. The van der Waals surface area contributed by atoms with E-state index in [0.717, 1.165) is 44.1 Å². The first-order valence-electron chi connectivity index (χ1n) is 7.68. The molecule has 1 atom stereocenters. The maximum absolute atomic E-state index is 4.58. The van der Waals surface area contributed by atoms with Crippen molar-refractivity contribution < 1.29 is 0 Å². The van der Waals surface area contributed by atoms with E-state index >= 15 is 0 Å². The molecule has 5 heteroatoms. The average Bonchev–Trinajstić information content (AvgIpc) is 2.48. The highest BCUT2D eigenvalue weighted by Gasteiger charge is 2.25. The predicted octanol–water partition coefficient (Wildman–Crippen LogP) is 2.00. The largest absolute Gasteiger partial charge is 0.373 e. The summed E-state index contributed by atoms with van der Waals surface area (Å²) in [6.07, 6.45) is 5.00. The topological polar surface area (TPSA) is 44.3 Å². The van der Waals surface area contributed by atoms with Gasteiger partial charge in [0.15, 0.2) is 0 Å². The van der Waals surface area contributed by atoms with Crippen LogP contribution in [0.4, 0.5) is 11.6 Å². The fraction of sp³-hybridized carbons (Fsp3) is 0.733. The summed E-state index contributed by atoms with van der Waals surface area (Å²) in [4.78, 5) is 13.8. The number of anilines is 2. The Morgan fingerprint density at radius 3 is 2.75 bits per heavy atom. The predicted molar refractivity (Wildman–Crippen MR) is 84.5 cm³/mol. The molecule has 5 nitrogen and oxygen atoms in total. The van der Waals surface area contributed by atoms with Gasteiger partial charge in [-0.25, -0.2) is 9.97 Å². The van der Waals surface area contributed by atoms with Crippen molar-refractivity contribution in [1.29, 1.82) is 0 Å². The summed E-state index contributed by atoms with van der Waals surface area (Å²) in [5.41, 5.74) is 1.26. The summed E-state index contributed by atoms with van der Waals surface area (Å²) < 4.78 is 0. The fourth-order valence-corrected chi connectivity index (χ4v) is 2.95. The standard InChI is InChI=1S/C15H27N5/c1-5-7-13-14(16-3)17-11-18-15(13)20-9-8-19(4)12(6-2)10-20/h11-12H,5-10H2,1-4H3,(H,16,17,18). The van der Waals surface area contributed by atoms with Gasteiger partial charge in [-0.1, -0.05) is 20.3 Å². The SMILES string of the molecule is CCCc1c(NC)ncnc1N1CCN(C)C(CC)C1. The Balaban J connectivity index is 2.27. The van der Waals surface area contributed by atoms with Gasteiger partial charge in [-0.05, 0) is 19.9 Å². The van der Waals surface area contributed by atoms with Crippen molar-refractivity contribution in [2.24, 2.45) is 0 Å². The van der Waals surface area contributed by atoms with Crippen molar-refractivity contribution >= 4 is 11.6 Å². The molecule has 1 aromatic heterocycles. The zero-order chi connectivity index (χ0) is 14.5. The highest BCUT2D eigenvalue weighted by atomic mass is 15.3. The van der Waals surface area contributed by atoms with E-state index < -0.39 is 0 Å². The number of nitrogens with zero attached hydrogens (tertiary/aromatic N) is 4. The molecule has 0 aliphatic carbocycles. The van der Waals surface area contributed by atoms with E-state index in [4.69, 9.17) is 0 Å². The Morgan fingerprint density at radius 1 is 1.30 bits per heavy atom. The van der Waals surface area contributed by atoms with Crippen LogP contribution in [-0.2, 0) is 6.42 Å². The molecule has 0 saturated carbocycles. The molecule has 1 fully saturated rings. The first kappa shape index (κ1) is 15.0. The van der Waals surface area contributed by atoms with Gasteiger partial charge in [-0.2, -0.15) is 0 Å². The van der Waals surface area contributed by atoms with Crippen LogP contribution in [0.2, 0.25) is 0 Å². The molecule has 20 heavy (non-hydrogen) atoms. The molecule has 2 heterocycles. The number of piperazine rings is 1. The van der Waals surface area contributed by atoms with Crippen LogP contribution in [0.3, 0.4) is 0 Å². The molecule has 1 aliphatic heterocycles. The summed E-state index contributed by atoms with van der Waals surface area (Å²) in [5.74, 6) is 2.10. The van der Waals surface area contributed by atoms with Crippen LogP contribution < -0.4 is 10.2 Å². The summed E-state index contributed by atoms with van der Waals surface area (Å²) in [5, 5.41) is 3.21. The number of hydrogen-bond acceptors (Lipinski definition) is 5. The Kier molecular flexibility index (Phi) is 5.17. The monoisotopic (exact) mass is 277 g/mol. The van der Waals surface area contributed by atoms with Crippen LogP contribution in [0.5, 0.6) is 0 Å². The number of nitrogens with one attached hydrogen (secondary N) is 1. The Morgan fingerprint density at radius 2 is 2.10 bits per heavy atom. The van der Waals surface area contributed by atoms with Crippen molar-refractivity contribution in [3.8, 4) is 0 Å². The van der Waals surface area contributed by atoms with E-state index in [2.05, 4.69) is 46.0 Å². The second kappa shape index (κ2) is 6.88. The first-order valence-corrected chi connectivity index (χ1v) is 7.68. The smallest absolute Gasteiger partial charge is 0.137 e. The third kappa shape index (κ3) is 3.03. The lowest BCUT2D eigenvalue weighted by molar-refractivity contribution is 0.212. The van der Waals surface area contributed by atoms with Crippen LogP contribution >= 0.6 is 0 Å². The maximum atomic E-state index is 4.58. The summed E-state index contributed by atoms with van der Waals surface area (Å²) in [6, 6.07) is 0.617. The van der Waals surface area contributed by atoms with E-state index in [1.807, 2.05) is 7.05 Å². The summed E-state index contributed by atoms with van der Waals surface area (Å²) in [6.45, 7) is 7.67. The second-order valence-corrected chi connectivity index (χ2v) is 5.51. The minimum Gasteiger partial charge on any atom is -0.373 e. The van der Waals surface area contributed by atoms with E-state index in [0.29, 0.717) is 6.04 Å². The van der Waals surface area contributed by atoms with E-state index in [9.17, 15) is 0 Å². The summed E-state index contributed by atoms with van der Waals surface area (Å²) in [7, 11) is 4.15. The molecule has 2 rings (SSSR count). The van der Waals surface area contributed by atoms with Gasteiger partial charge >= 0.3 is 0 Å². The van der Waals surface area contributed by atoms with E-state index in [1.165, 1.54) is 12.0 Å². The minimum atomic E-state index is 0.617. The zero-order valence-electron chi connectivity index (χ0n) is 13.2. The lowest BCUT2D eigenvalue weighted by Gasteiger charge is -2.40. The number of aromatic nitrogens is 2. The van der Waals surface area contributed by atoms with Gasteiger partial charge in [0, 0.05) is 38.3 Å². The third-order valence-electron chi connectivity index (χ3n) is 4.21. The van der Waals surface area contributed by atoms with E-state index in [1.54, 1.807) is 6.33 Å². The van der Waals surface area contributed by atoms with E-state index in [-0.39, 0.29) is 0 Å². The van der Waals surface area contributed by atoms with Gasteiger partial charge in [-0.15, -0.1) is 0 Å². The Hall–Kier alpha value is -1.36. The quantitative estimate of drug-likeness (QED) is 0.892. The fourth-order valence-electron chi connectivity index (χ4n) is 2.95. The molecule has 1 saturated heterocycles. The van der Waals surface area contributed by atoms with Gasteiger partial charge in [0.1, 0.15) is 18.0 Å². The Bertz CT molecular complexity index is 434. The van der Waals surface area contributed by atoms with Crippen LogP contribution in [0.15, 0.2) is 6.33 Å². The third-order valence-corrected chi connectivity index (χ3v) is 4.21. The number of likely N-dealkylation sites (N-methyl/N-ethyl adjacent to an activating group) is 1. The highest BCUT2D eigenvalue weighted by molar-refractivity contribution is 5.59. The van der Waals surface area contributed by atoms with Crippen LogP contribution in [0.25, 0.3) is 0 Å². The van der Waals surface area contributed by atoms with Crippen LogP contribution in [0.1, 0.15) is 32.3 Å². The maximum Gasteiger partial charge on any atom is 0.137 e. The number of hydrogen-bond donors (Lipinski definition) is 1. The molecule has 1 N–H and O–H groups in total. The summed E-state index contributed by atoms with van der Waals surface area (Å²) >= 11 is 0.